The zero-order valence-electron chi connectivity index (χ0n) is 10.3. The molecular formula is C14H9FN4S. The predicted molar refractivity (Wildman–Crippen MR) is 76.3 cm³/mol. The molecule has 4 aromatic rings. The number of thiazole rings is 1. The molecule has 1 aromatic carbocycles. The zero-order chi connectivity index (χ0) is 13.5. The molecule has 0 bridgehead atoms. The van der Waals surface area contributed by atoms with Crippen LogP contribution in [0.2, 0.25) is 0 Å². The van der Waals surface area contributed by atoms with Gasteiger partial charge in [-0.05, 0) is 18.2 Å². The van der Waals surface area contributed by atoms with Crippen molar-refractivity contribution in [2.75, 3.05) is 0 Å². The van der Waals surface area contributed by atoms with Crippen LogP contribution < -0.4 is 0 Å². The van der Waals surface area contributed by atoms with Gasteiger partial charge in [0.25, 0.3) is 0 Å². The van der Waals surface area contributed by atoms with Crippen LogP contribution in [0.4, 0.5) is 4.39 Å². The lowest BCUT2D eigenvalue weighted by Gasteiger charge is -1.97. The van der Waals surface area contributed by atoms with Gasteiger partial charge < -0.3 is 4.98 Å². The lowest BCUT2D eigenvalue weighted by molar-refractivity contribution is 0.629. The van der Waals surface area contributed by atoms with E-state index in [-0.39, 0.29) is 5.82 Å². The quantitative estimate of drug-likeness (QED) is 0.614. The lowest BCUT2D eigenvalue weighted by atomic mass is 10.2. The number of halogens is 1. The van der Waals surface area contributed by atoms with E-state index in [1.165, 1.54) is 12.1 Å². The Bertz CT molecular complexity index is 898. The van der Waals surface area contributed by atoms with Gasteiger partial charge in [-0.2, -0.15) is 0 Å². The standard InChI is InChI=1S/C14H9FN4S/c15-8-1-2-10-9(5-8)14-11(7-17-10)18-12(19-14)6-13-16-3-4-20-13/h1-5,7H,6H2,(H,18,19). The molecule has 0 fully saturated rings. The molecule has 3 aromatic heterocycles. The number of fused-ring (bicyclic) bond motifs is 3. The van der Waals surface area contributed by atoms with Crippen LogP contribution in [0.25, 0.3) is 21.9 Å². The second-order valence-corrected chi connectivity index (χ2v) is 5.45. The number of nitrogens with one attached hydrogen (secondary N) is 1. The smallest absolute Gasteiger partial charge is 0.124 e. The van der Waals surface area contributed by atoms with E-state index in [0.29, 0.717) is 6.42 Å². The second kappa shape index (κ2) is 4.35. The van der Waals surface area contributed by atoms with Crippen LogP contribution in [0.5, 0.6) is 0 Å². The van der Waals surface area contributed by atoms with E-state index >= 15 is 0 Å². The lowest BCUT2D eigenvalue weighted by Crippen LogP contribution is -1.88. The molecule has 0 aliphatic rings. The molecule has 0 aliphatic heterocycles. The molecular weight excluding hydrogens is 275 g/mol. The second-order valence-electron chi connectivity index (χ2n) is 4.47. The van der Waals surface area contributed by atoms with Crippen molar-refractivity contribution in [3.63, 3.8) is 0 Å². The van der Waals surface area contributed by atoms with Crippen LogP contribution in [0.3, 0.4) is 0 Å². The summed E-state index contributed by atoms with van der Waals surface area (Å²) in [7, 11) is 0. The molecule has 4 rings (SSSR count). The Kier molecular flexibility index (Phi) is 2.50. The molecule has 0 saturated carbocycles. The van der Waals surface area contributed by atoms with Gasteiger partial charge in [-0.15, -0.1) is 11.3 Å². The number of imidazole rings is 1. The van der Waals surface area contributed by atoms with Crippen LogP contribution in [0.15, 0.2) is 36.0 Å². The van der Waals surface area contributed by atoms with E-state index in [4.69, 9.17) is 0 Å². The highest BCUT2D eigenvalue weighted by Gasteiger charge is 2.09. The first-order valence-electron chi connectivity index (χ1n) is 6.11. The van der Waals surface area contributed by atoms with Crippen molar-refractivity contribution < 1.29 is 4.39 Å². The summed E-state index contributed by atoms with van der Waals surface area (Å²) < 4.78 is 13.4. The van der Waals surface area contributed by atoms with Crippen molar-refractivity contribution in [2.24, 2.45) is 0 Å². The summed E-state index contributed by atoms with van der Waals surface area (Å²) in [6, 6.07) is 4.54. The van der Waals surface area contributed by atoms with Gasteiger partial charge in [0.05, 0.1) is 34.2 Å². The van der Waals surface area contributed by atoms with Crippen molar-refractivity contribution in [2.45, 2.75) is 6.42 Å². The Morgan fingerprint density at radius 2 is 2.20 bits per heavy atom. The Labute approximate surface area is 117 Å². The average Bonchev–Trinajstić information content (AvgIpc) is 3.08. The molecule has 0 radical (unpaired) electrons. The molecule has 0 aliphatic carbocycles. The molecule has 4 nitrogen and oxygen atoms in total. The minimum Gasteiger partial charge on any atom is -0.340 e. The maximum Gasteiger partial charge on any atom is 0.124 e. The van der Waals surface area contributed by atoms with Gasteiger partial charge >= 0.3 is 0 Å². The summed E-state index contributed by atoms with van der Waals surface area (Å²) in [5.41, 5.74) is 2.31. The first-order chi connectivity index (χ1) is 9.79. The monoisotopic (exact) mass is 284 g/mol. The topological polar surface area (TPSA) is 54.5 Å². The van der Waals surface area contributed by atoms with E-state index in [1.807, 2.05) is 5.38 Å². The first kappa shape index (κ1) is 11.5. The van der Waals surface area contributed by atoms with Gasteiger partial charge in [0.1, 0.15) is 11.6 Å². The van der Waals surface area contributed by atoms with Gasteiger partial charge in [-0.25, -0.2) is 14.4 Å². The summed E-state index contributed by atoms with van der Waals surface area (Å²) in [4.78, 5) is 16.3. The number of H-pyrrole nitrogens is 1. The van der Waals surface area contributed by atoms with Crippen molar-refractivity contribution >= 4 is 33.3 Å². The van der Waals surface area contributed by atoms with Crippen molar-refractivity contribution in [1.82, 2.24) is 19.9 Å². The summed E-state index contributed by atoms with van der Waals surface area (Å²) >= 11 is 1.59. The highest BCUT2D eigenvalue weighted by atomic mass is 32.1. The SMILES string of the molecule is Fc1ccc2ncc3[nH]c(Cc4nccs4)nc3c2c1. The van der Waals surface area contributed by atoms with Crippen molar-refractivity contribution in [3.05, 3.63) is 52.6 Å². The van der Waals surface area contributed by atoms with Crippen LogP contribution in [0, 0.1) is 5.82 Å². The molecule has 20 heavy (non-hydrogen) atoms. The molecule has 98 valence electrons. The minimum atomic E-state index is -0.281. The van der Waals surface area contributed by atoms with E-state index in [0.717, 1.165) is 32.8 Å². The third kappa shape index (κ3) is 1.85. The van der Waals surface area contributed by atoms with Gasteiger partial charge in [-0.3, -0.25) is 4.98 Å². The number of hydrogen-bond donors (Lipinski definition) is 1. The third-order valence-corrected chi connectivity index (χ3v) is 3.91. The number of aromatic amines is 1. The zero-order valence-corrected chi connectivity index (χ0v) is 11.1. The third-order valence-electron chi connectivity index (χ3n) is 3.13. The highest BCUT2D eigenvalue weighted by Crippen LogP contribution is 2.23. The molecule has 0 saturated heterocycles. The van der Waals surface area contributed by atoms with Crippen molar-refractivity contribution in [3.8, 4) is 0 Å². The molecule has 0 spiro atoms. The molecule has 3 heterocycles. The molecule has 0 unspecified atom stereocenters. The van der Waals surface area contributed by atoms with E-state index in [9.17, 15) is 4.39 Å². The average molecular weight is 284 g/mol. The Balaban J connectivity index is 1.89. The first-order valence-corrected chi connectivity index (χ1v) is 6.99. The number of benzene rings is 1. The Hall–Kier alpha value is -2.34. The number of aromatic nitrogens is 4. The molecule has 0 atom stereocenters. The maximum absolute atomic E-state index is 13.4. The van der Waals surface area contributed by atoms with Gasteiger partial charge in [-0.1, -0.05) is 0 Å². The van der Waals surface area contributed by atoms with Gasteiger partial charge in [0.15, 0.2) is 0 Å². The predicted octanol–water partition coefficient (Wildman–Crippen LogP) is 3.30. The fourth-order valence-corrected chi connectivity index (χ4v) is 2.87. The van der Waals surface area contributed by atoms with Crippen LogP contribution >= 0.6 is 11.3 Å². The summed E-state index contributed by atoms with van der Waals surface area (Å²) in [6.45, 7) is 0. The summed E-state index contributed by atoms with van der Waals surface area (Å²) in [6.07, 6.45) is 4.14. The van der Waals surface area contributed by atoms with Crippen LogP contribution in [-0.4, -0.2) is 19.9 Å². The van der Waals surface area contributed by atoms with E-state index < -0.39 is 0 Å². The highest BCUT2D eigenvalue weighted by molar-refractivity contribution is 7.09. The fraction of sp³-hybridized carbons (Fsp3) is 0.0714. The number of rotatable bonds is 2. The minimum absolute atomic E-state index is 0.281. The molecule has 1 N–H and O–H groups in total. The van der Waals surface area contributed by atoms with E-state index in [1.54, 1.807) is 29.8 Å². The summed E-state index contributed by atoms with van der Waals surface area (Å²) in [5.74, 6) is 0.532. The molecule has 6 heteroatoms. The van der Waals surface area contributed by atoms with Crippen LogP contribution in [-0.2, 0) is 6.42 Å². The normalized spacial score (nSPS) is 11.4. The summed E-state index contributed by atoms with van der Waals surface area (Å²) in [5, 5.41) is 3.65. The van der Waals surface area contributed by atoms with Crippen molar-refractivity contribution in [1.29, 1.82) is 0 Å². The number of pyridine rings is 1. The fourth-order valence-electron chi connectivity index (χ4n) is 2.25. The number of nitrogens with zero attached hydrogens (tertiary/aromatic N) is 3. The number of hydrogen-bond acceptors (Lipinski definition) is 4. The van der Waals surface area contributed by atoms with Gasteiger partial charge in [0, 0.05) is 17.0 Å². The molecule has 0 amide bonds. The Morgan fingerprint density at radius 3 is 3.05 bits per heavy atom. The largest absolute Gasteiger partial charge is 0.340 e. The van der Waals surface area contributed by atoms with Crippen LogP contribution in [0.1, 0.15) is 10.8 Å². The van der Waals surface area contributed by atoms with E-state index in [2.05, 4.69) is 19.9 Å². The Morgan fingerprint density at radius 1 is 1.25 bits per heavy atom. The maximum atomic E-state index is 13.4. The van der Waals surface area contributed by atoms with Gasteiger partial charge in [0.2, 0.25) is 0 Å².